The van der Waals surface area contributed by atoms with Gasteiger partial charge >= 0.3 is 5.97 Å². The molecule has 6 nitrogen and oxygen atoms in total. The van der Waals surface area contributed by atoms with E-state index in [-0.39, 0.29) is 11.8 Å². The molecule has 0 spiro atoms. The van der Waals surface area contributed by atoms with Gasteiger partial charge in [0.1, 0.15) is 0 Å². The highest BCUT2D eigenvalue weighted by Crippen LogP contribution is 2.20. The first-order chi connectivity index (χ1) is 11.5. The van der Waals surface area contributed by atoms with Crippen molar-refractivity contribution in [2.24, 2.45) is 5.92 Å². The number of aromatic nitrogens is 2. The summed E-state index contributed by atoms with van der Waals surface area (Å²) in [5.41, 5.74) is 3.38. The summed E-state index contributed by atoms with van der Waals surface area (Å²) in [4.78, 5) is 25.3. The number of hydrogen-bond acceptors (Lipinski definition) is 3. The second-order valence-corrected chi connectivity index (χ2v) is 6.32. The van der Waals surface area contributed by atoms with E-state index in [0.717, 1.165) is 11.4 Å². The molecule has 1 aromatic carbocycles. The van der Waals surface area contributed by atoms with E-state index in [0.29, 0.717) is 31.6 Å². The van der Waals surface area contributed by atoms with Gasteiger partial charge in [0.05, 0.1) is 11.6 Å². The van der Waals surface area contributed by atoms with Crippen molar-refractivity contribution in [1.29, 1.82) is 0 Å². The molecule has 0 aliphatic carbocycles. The third kappa shape index (κ3) is 3.18. The molecule has 0 unspecified atom stereocenters. The van der Waals surface area contributed by atoms with Crippen LogP contribution in [0.4, 0.5) is 0 Å². The zero-order valence-corrected chi connectivity index (χ0v) is 13.9. The van der Waals surface area contributed by atoms with E-state index >= 15 is 0 Å². The lowest BCUT2D eigenvalue weighted by Crippen LogP contribution is -2.40. The highest BCUT2D eigenvalue weighted by molar-refractivity contribution is 5.92. The number of rotatable bonds is 3. The van der Waals surface area contributed by atoms with Crippen LogP contribution in [0.3, 0.4) is 0 Å². The number of carboxylic acids is 1. The van der Waals surface area contributed by atoms with E-state index in [9.17, 15) is 9.59 Å². The van der Waals surface area contributed by atoms with Crippen LogP contribution < -0.4 is 0 Å². The SMILES string of the molecule is Cc1ccc(-n2nc(C(=O)N3CCC(C(=O)O)CC3)cc2C)cc1. The molecule has 3 rings (SSSR count). The first-order valence-corrected chi connectivity index (χ1v) is 8.11. The normalized spacial score (nSPS) is 15.5. The summed E-state index contributed by atoms with van der Waals surface area (Å²) in [6.07, 6.45) is 0.997. The summed E-state index contributed by atoms with van der Waals surface area (Å²) < 4.78 is 1.76. The Kier molecular flexibility index (Phi) is 4.38. The Morgan fingerprint density at radius 1 is 1.12 bits per heavy atom. The van der Waals surface area contributed by atoms with Crippen LogP contribution in [0.25, 0.3) is 5.69 Å². The van der Waals surface area contributed by atoms with Crippen LogP contribution in [0.2, 0.25) is 0 Å². The molecule has 1 amide bonds. The molecule has 0 atom stereocenters. The van der Waals surface area contributed by atoms with Crippen LogP contribution >= 0.6 is 0 Å². The zero-order valence-electron chi connectivity index (χ0n) is 13.9. The molecule has 1 aromatic heterocycles. The molecule has 2 aromatic rings. The lowest BCUT2D eigenvalue weighted by molar-refractivity contribution is -0.143. The molecule has 1 aliphatic heterocycles. The summed E-state index contributed by atoms with van der Waals surface area (Å²) in [6, 6.07) is 9.75. The van der Waals surface area contributed by atoms with E-state index in [1.54, 1.807) is 15.6 Å². The van der Waals surface area contributed by atoms with Gasteiger partial charge in [-0.05, 0) is 44.9 Å². The number of hydrogen-bond donors (Lipinski definition) is 1. The zero-order chi connectivity index (χ0) is 17.3. The molecule has 0 bridgehead atoms. The van der Waals surface area contributed by atoms with E-state index in [2.05, 4.69) is 5.10 Å². The number of likely N-dealkylation sites (tertiary alicyclic amines) is 1. The number of amides is 1. The Labute approximate surface area is 140 Å². The Bertz CT molecular complexity index is 756. The Balaban J connectivity index is 1.76. The lowest BCUT2D eigenvalue weighted by Gasteiger charge is -2.29. The predicted octanol–water partition coefficient (Wildman–Crippen LogP) is 2.43. The Hall–Kier alpha value is -2.63. The van der Waals surface area contributed by atoms with Gasteiger partial charge in [0.2, 0.25) is 0 Å². The minimum absolute atomic E-state index is 0.132. The number of piperidine rings is 1. The first kappa shape index (κ1) is 16.2. The molecule has 126 valence electrons. The predicted molar refractivity (Wildman–Crippen MR) is 89.3 cm³/mol. The summed E-state index contributed by atoms with van der Waals surface area (Å²) in [7, 11) is 0. The number of carbonyl (C=O) groups is 2. The third-order valence-corrected chi connectivity index (χ3v) is 4.52. The molecule has 1 aliphatic rings. The van der Waals surface area contributed by atoms with Crippen molar-refractivity contribution < 1.29 is 14.7 Å². The van der Waals surface area contributed by atoms with Gasteiger partial charge in [-0.2, -0.15) is 5.10 Å². The Morgan fingerprint density at radius 3 is 2.33 bits per heavy atom. The second-order valence-electron chi connectivity index (χ2n) is 6.32. The van der Waals surface area contributed by atoms with Crippen LogP contribution in [-0.4, -0.2) is 44.8 Å². The molecule has 1 saturated heterocycles. The molecular formula is C18H21N3O3. The largest absolute Gasteiger partial charge is 0.481 e. The smallest absolute Gasteiger partial charge is 0.306 e. The fraction of sp³-hybridized carbons (Fsp3) is 0.389. The van der Waals surface area contributed by atoms with Crippen molar-refractivity contribution in [3.63, 3.8) is 0 Å². The summed E-state index contributed by atoms with van der Waals surface area (Å²) in [6.45, 7) is 4.87. The average Bonchev–Trinajstić information content (AvgIpc) is 2.97. The van der Waals surface area contributed by atoms with Crippen molar-refractivity contribution in [3.8, 4) is 5.69 Å². The molecular weight excluding hydrogens is 306 g/mol. The molecule has 0 radical (unpaired) electrons. The molecule has 24 heavy (non-hydrogen) atoms. The summed E-state index contributed by atoms with van der Waals surface area (Å²) in [5.74, 6) is -1.25. The van der Waals surface area contributed by atoms with Crippen molar-refractivity contribution in [3.05, 3.63) is 47.3 Å². The second kappa shape index (κ2) is 6.47. The van der Waals surface area contributed by atoms with Gasteiger partial charge in [0.15, 0.2) is 5.69 Å². The van der Waals surface area contributed by atoms with E-state index in [1.165, 1.54) is 5.56 Å². The topological polar surface area (TPSA) is 75.4 Å². The van der Waals surface area contributed by atoms with Gasteiger partial charge < -0.3 is 10.0 Å². The molecule has 6 heteroatoms. The van der Waals surface area contributed by atoms with Gasteiger partial charge in [0, 0.05) is 18.8 Å². The number of aliphatic carboxylic acids is 1. The van der Waals surface area contributed by atoms with Crippen LogP contribution in [0, 0.1) is 19.8 Å². The van der Waals surface area contributed by atoms with Crippen LogP contribution in [0.1, 0.15) is 34.6 Å². The third-order valence-electron chi connectivity index (χ3n) is 4.52. The van der Waals surface area contributed by atoms with Crippen LogP contribution in [0.15, 0.2) is 30.3 Å². The highest BCUT2D eigenvalue weighted by atomic mass is 16.4. The fourth-order valence-electron chi connectivity index (χ4n) is 3.02. The number of carbonyl (C=O) groups excluding carboxylic acids is 1. The first-order valence-electron chi connectivity index (χ1n) is 8.11. The molecule has 1 N–H and O–H groups in total. The van der Waals surface area contributed by atoms with E-state index < -0.39 is 5.97 Å². The summed E-state index contributed by atoms with van der Waals surface area (Å²) in [5, 5.41) is 13.5. The monoisotopic (exact) mass is 327 g/mol. The van der Waals surface area contributed by atoms with Gasteiger partial charge in [-0.25, -0.2) is 4.68 Å². The van der Waals surface area contributed by atoms with Gasteiger partial charge in [-0.15, -0.1) is 0 Å². The molecule has 1 fully saturated rings. The molecule has 0 saturated carbocycles. The maximum atomic E-state index is 12.6. The van der Waals surface area contributed by atoms with Gasteiger partial charge in [0.25, 0.3) is 5.91 Å². The number of aryl methyl sites for hydroxylation is 2. The number of carboxylic acid groups (broad SMARTS) is 1. The number of nitrogens with zero attached hydrogens (tertiary/aromatic N) is 3. The van der Waals surface area contributed by atoms with Crippen molar-refractivity contribution >= 4 is 11.9 Å². The Morgan fingerprint density at radius 2 is 1.75 bits per heavy atom. The quantitative estimate of drug-likeness (QED) is 0.939. The van der Waals surface area contributed by atoms with E-state index in [1.807, 2.05) is 38.1 Å². The van der Waals surface area contributed by atoms with E-state index in [4.69, 9.17) is 5.11 Å². The van der Waals surface area contributed by atoms with Crippen LogP contribution in [0.5, 0.6) is 0 Å². The van der Waals surface area contributed by atoms with Crippen molar-refractivity contribution in [1.82, 2.24) is 14.7 Å². The van der Waals surface area contributed by atoms with Gasteiger partial charge in [-0.3, -0.25) is 9.59 Å². The maximum Gasteiger partial charge on any atom is 0.306 e. The fourth-order valence-corrected chi connectivity index (χ4v) is 3.02. The van der Waals surface area contributed by atoms with Crippen LogP contribution in [-0.2, 0) is 4.79 Å². The standard InChI is InChI=1S/C18H21N3O3/c1-12-3-5-15(6-4-12)21-13(2)11-16(19-21)17(22)20-9-7-14(8-10-20)18(23)24/h3-6,11,14H,7-10H2,1-2H3,(H,23,24). The number of benzene rings is 1. The highest BCUT2D eigenvalue weighted by Gasteiger charge is 2.28. The minimum Gasteiger partial charge on any atom is -0.481 e. The van der Waals surface area contributed by atoms with Gasteiger partial charge in [-0.1, -0.05) is 17.7 Å². The van der Waals surface area contributed by atoms with Crippen molar-refractivity contribution in [2.75, 3.05) is 13.1 Å². The average molecular weight is 327 g/mol. The lowest BCUT2D eigenvalue weighted by atomic mass is 9.97. The van der Waals surface area contributed by atoms with Crippen molar-refractivity contribution in [2.45, 2.75) is 26.7 Å². The summed E-state index contributed by atoms with van der Waals surface area (Å²) >= 11 is 0. The molecule has 2 heterocycles. The minimum atomic E-state index is -0.776. The maximum absolute atomic E-state index is 12.6.